The number of aryl methyl sites for hydroxylation is 2. The minimum Gasteiger partial charge on any atom is -0.309 e. The highest BCUT2D eigenvalue weighted by Crippen LogP contribution is 2.22. The minimum absolute atomic E-state index is 0.185. The van der Waals surface area contributed by atoms with E-state index in [1.807, 2.05) is 39.8 Å². The lowest BCUT2D eigenvalue weighted by Gasteiger charge is -2.35. The van der Waals surface area contributed by atoms with Crippen LogP contribution in [0.5, 0.6) is 0 Å². The molecule has 1 aliphatic heterocycles. The van der Waals surface area contributed by atoms with Gasteiger partial charge in [-0.25, -0.2) is 8.42 Å². The lowest BCUT2D eigenvalue weighted by molar-refractivity contribution is 0.263. The van der Waals surface area contributed by atoms with Gasteiger partial charge in [0.05, 0.1) is 4.90 Å². The fraction of sp³-hybridized carbons (Fsp3) is 0.571. The summed E-state index contributed by atoms with van der Waals surface area (Å²) in [6.45, 7) is 8.91. The van der Waals surface area contributed by atoms with Crippen LogP contribution in [0.2, 0.25) is 0 Å². The normalized spacial score (nSPS) is 25.5. The van der Waals surface area contributed by atoms with E-state index < -0.39 is 10.0 Å². The number of hydrogen-bond donors (Lipinski definition) is 1. The molecular formula is C14H22N2O2S. The van der Waals surface area contributed by atoms with Crippen molar-refractivity contribution in [1.82, 2.24) is 9.62 Å². The third-order valence-corrected chi connectivity index (χ3v) is 5.46. The quantitative estimate of drug-likeness (QED) is 0.898. The van der Waals surface area contributed by atoms with Crippen LogP contribution in [0, 0.1) is 13.8 Å². The van der Waals surface area contributed by atoms with Gasteiger partial charge in [0.15, 0.2) is 0 Å². The molecule has 2 unspecified atom stereocenters. The fourth-order valence-corrected chi connectivity index (χ4v) is 4.52. The van der Waals surface area contributed by atoms with E-state index in [0.717, 1.165) is 11.1 Å². The summed E-state index contributed by atoms with van der Waals surface area (Å²) in [5, 5.41) is 3.35. The van der Waals surface area contributed by atoms with E-state index in [1.54, 1.807) is 10.4 Å². The van der Waals surface area contributed by atoms with Crippen molar-refractivity contribution in [3.8, 4) is 0 Å². The number of hydrogen-bond acceptors (Lipinski definition) is 3. The van der Waals surface area contributed by atoms with Crippen LogP contribution in [0.1, 0.15) is 25.0 Å². The van der Waals surface area contributed by atoms with Gasteiger partial charge < -0.3 is 5.32 Å². The van der Waals surface area contributed by atoms with E-state index in [2.05, 4.69) is 5.32 Å². The molecule has 0 spiro atoms. The first kappa shape index (κ1) is 14.5. The van der Waals surface area contributed by atoms with Crippen LogP contribution >= 0.6 is 0 Å². The maximum Gasteiger partial charge on any atom is 0.243 e. The molecule has 106 valence electrons. The van der Waals surface area contributed by atoms with E-state index in [1.165, 1.54) is 0 Å². The van der Waals surface area contributed by atoms with Crippen molar-refractivity contribution >= 4 is 10.0 Å². The molecular weight excluding hydrogens is 260 g/mol. The van der Waals surface area contributed by atoms with Gasteiger partial charge in [-0.1, -0.05) is 17.7 Å². The van der Waals surface area contributed by atoms with Crippen molar-refractivity contribution in [3.63, 3.8) is 0 Å². The molecule has 0 saturated carbocycles. The molecule has 1 aromatic rings. The molecule has 0 radical (unpaired) electrons. The van der Waals surface area contributed by atoms with Gasteiger partial charge in [0.2, 0.25) is 10.0 Å². The van der Waals surface area contributed by atoms with Gasteiger partial charge in [-0.05, 0) is 39.3 Å². The van der Waals surface area contributed by atoms with Gasteiger partial charge in [-0.15, -0.1) is 0 Å². The average molecular weight is 282 g/mol. The van der Waals surface area contributed by atoms with Crippen molar-refractivity contribution in [2.75, 3.05) is 13.1 Å². The summed E-state index contributed by atoms with van der Waals surface area (Å²) in [4.78, 5) is 0.430. The van der Waals surface area contributed by atoms with Crippen LogP contribution in [0.4, 0.5) is 0 Å². The van der Waals surface area contributed by atoms with Gasteiger partial charge in [-0.3, -0.25) is 0 Å². The smallest absolute Gasteiger partial charge is 0.243 e. The largest absolute Gasteiger partial charge is 0.309 e. The zero-order chi connectivity index (χ0) is 14.2. The van der Waals surface area contributed by atoms with E-state index >= 15 is 0 Å². The van der Waals surface area contributed by atoms with Crippen LogP contribution in [0.3, 0.4) is 0 Å². The molecule has 1 saturated heterocycles. The molecule has 19 heavy (non-hydrogen) atoms. The molecule has 1 heterocycles. The molecule has 5 heteroatoms. The highest BCUT2D eigenvalue weighted by molar-refractivity contribution is 7.89. The fourth-order valence-electron chi connectivity index (χ4n) is 2.70. The molecule has 1 N–H and O–H groups in total. The molecule has 0 aromatic heterocycles. The van der Waals surface area contributed by atoms with Crippen molar-refractivity contribution in [3.05, 3.63) is 29.3 Å². The van der Waals surface area contributed by atoms with E-state index in [0.29, 0.717) is 18.0 Å². The Labute approximate surface area is 115 Å². The van der Waals surface area contributed by atoms with E-state index in [-0.39, 0.29) is 12.1 Å². The van der Waals surface area contributed by atoms with Crippen LogP contribution in [0.25, 0.3) is 0 Å². The van der Waals surface area contributed by atoms with Crippen LogP contribution in [-0.2, 0) is 10.0 Å². The number of rotatable bonds is 2. The first-order valence-corrected chi connectivity index (χ1v) is 8.08. The molecule has 1 aliphatic rings. The second kappa shape index (κ2) is 5.23. The maximum atomic E-state index is 12.7. The summed E-state index contributed by atoms with van der Waals surface area (Å²) >= 11 is 0. The number of benzene rings is 1. The Kier molecular flexibility index (Phi) is 3.99. The molecule has 2 atom stereocenters. The number of nitrogens with zero attached hydrogens (tertiary/aromatic N) is 1. The molecule has 0 amide bonds. The Balaban J connectivity index is 2.36. The molecule has 1 aromatic carbocycles. The van der Waals surface area contributed by atoms with Crippen LogP contribution < -0.4 is 5.32 Å². The summed E-state index contributed by atoms with van der Waals surface area (Å²) in [7, 11) is -3.38. The third-order valence-electron chi connectivity index (χ3n) is 3.47. The van der Waals surface area contributed by atoms with Gasteiger partial charge >= 0.3 is 0 Å². The van der Waals surface area contributed by atoms with Gasteiger partial charge in [0.25, 0.3) is 0 Å². The Morgan fingerprint density at radius 1 is 1.16 bits per heavy atom. The Morgan fingerprint density at radius 2 is 1.74 bits per heavy atom. The molecule has 2 rings (SSSR count). The monoisotopic (exact) mass is 282 g/mol. The first-order chi connectivity index (χ1) is 8.80. The van der Waals surface area contributed by atoms with Crippen LogP contribution in [-0.4, -0.2) is 37.9 Å². The topological polar surface area (TPSA) is 49.4 Å². The maximum absolute atomic E-state index is 12.7. The summed E-state index contributed by atoms with van der Waals surface area (Å²) in [5.41, 5.74) is 1.90. The van der Waals surface area contributed by atoms with Crippen molar-refractivity contribution in [2.24, 2.45) is 0 Å². The van der Waals surface area contributed by atoms with Crippen molar-refractivity contribution in [2.45, 2.75) is 44.7 Å². The van der Waals surface area contributed by atoms with Gasteiger partial charge in [0, 0.05) is 25.2 Å². The number of nitrogens with one attached hydrogen (secondary N) is 1. The Bertz CT molecular complexity index is 559. The highest BCUT2D eigenvalue weighted by Gasteiger charge is 2.32. The predicted octanol–water partition coefficient (Wildman–Crippen LogP) is 1.67. The SMILES string of the molecule is Cc1ccc(S(=O)(=O)N2CC(C)NC(C)C2)c(C)c1. The summed E-state index contributed by atoms with van der Waals surface area (Å²) in [6.07, 6.45) is 0. The summed E-state index contributed by atoms with van der Waals surface area (Å²) < 4.78 is 27.0. The standard InChI is InChI=1S/C14H22N2O2S/c1-10-5-6-14(11(2)7-10)19(17,18)16-8-12(3)15-13(4)9-16/h5-7,12-13,15H,8-9H2,1-4H3. The second-order valence-corrected chi connectivity index (χ2v) is 7.47. The number of sulfonamides is 1. The highest BCUT2D eigenvalue weighted by atomic mass is 32.2. The zero-order valence-corrected chi connectivity index (χ0v) is 12.8. The van der Waals surface area contributed by atoms with Crippen LogP contribution in [0.15, 0.2) is 23.1 Å². The molecule has 1 fully saturated rings. The second-order valence-electron chi connectivity index (χ2n) is 5.56. The van der Waals surface area contributed by atoms with Gasteiger partial charge in [0.1, 0.15) is 0 Å². The van der Waals surface area contributed by atoms with E-state index in [9.17, 15) is 8.42 Å². The lowest BCUT2D eigenvalue weighted by atomic mass is 10.2. The van der Waals surface area contributed by atoms with Gasteiger partial charge in [-0.2, -0.15) is 4.31 Å². The molecule has 0 bridgehead atoms. The van der Waals surface area contributed by atoms with E-state index in [4.69, 9.17) is 0 Å². The minimum atomic E-state index is -3.38. The summed E-state index contributed by atoms with van der Waals surface area (Å²) in [6, 6.07) is 5.86. The number of piperazine rings is 1. The Morgan fingerprint density at radius 3 is 2.26 bits per heavy atom. The van der Waals surface area contributed by atoms with Crippen molar-refractivity contribution < 1.29 is 8.42 Å². The lowest BCUT2D eigenvalue weighted by Crippen LogP contribution is -2.55. The Hall–Kier alpha value is -0.910. The predicted molar refractivity (Wildman–Crippen MR) is 76.7 cm³/mol. The average Bonchev–Trinajstić information content (AvgIpc) is 2.26. The third kappa shape index (κ3) is 2.99. The van der Waals surface area contributed by atoms with Crippen molar-refractivity contribution in [1.29, 1.82) is 0 Å². The first-order valence-electron chi connectivity index (χ1n) is 6.64. The molecule has 0 aliphatic carbocycles. The summed E-state index contributed by atoms with van der Waals surface area (Å²) in [5.74, 6) is 0. The zero-order valence-electron chi connectivity index (χ0n) is 12.0. The molecule has 4 nitrogen and oxygen atoms in total.